The van der Waals surface area contributed by atoms with E-state index in [9.17, 15) is 9.59 Å². The number of hydrogen-bond acceptors (Lipinski definition) is 4. The fourth-order valence-corrected chi connectivity index (χ4v) is 4.15. The fourth-order valence-electron chi connectivity index (χ4n) is 3.33. The van der Waals surface area contributed by atoms with Gasteiger partial charge in [-0.05, 0) is 5.56 Å². The Labute approximate surface area is 168 Å². The maximum atomic E-state index is 12.5. The molecule has 3 aromatic rings. The molecule has 1 saturated heterocycles. The molecule has 5 nitrogen and oxygen atoms in total. The summed E-state index contributed by atoms with van der Waals surface area (Å²) in [6.07, 6.45) is 0.269. The molecule has 1 unspecified atom stereocenters. The molecule has 4 rings (SSSR count). The molecule has 2 amide bonds. The first-order valence-corrected chi connectivity index (χ1v) is 10.2. The van der Waals surface area contributed by atoms with Crippen LogP contribution in [0.4, 0.5) is 0 Å². The summed E-state index contributed by atoms with van der Waals surface area (Å²) in [6, 6.07) is 19.8. The van der Waals surface area contributed by atoms with Gasteiger partial charge in [0, 0.05) is 30.5 Å². The highest BCUT2D eigenvalue weighted by Crippen LogP contribution is 2.24. The van der Waals surface area contributed by atoms with Crippen LogP contribution in [0.3, 0.4) is 0 Å². The first-order valence-electron chi connectivity index (χ1n) is 9.28. The Bertz CT molecular complexity index is 956. The van der Waals surface area contributed by atoms with Crippen molar-refractivity contribution in [2.24, 2.45) is 5.92 Å². The average Bonchev–Trinajstić information content (AvgIpc) is 3.35. The number of likely N-dealkylation sites (tertiary alicyclic amines) is 1. The topological polar surface area (TPSA) is 62.3 Å². The van der Waals surface area contributed by atoms with E-state index in [1.54, 1.807) is 16.2 Å². The number of rotatable bonds is 6. The van der Waals surface area contributed by atoms with E-state index in [0.29, 0.717) is 19.6 Å². The maximum absolute atomic E-state index is 12.5. The zero-order valence-corrected chi connectivity index (χ0v) is 16.2. The molecular formula is C22H21N3O2S. The van der Waals surface area contributed by atoms with Gasteiger partial charge in [0.05, 0.1) is 18.2 Å². The second-order valence-corrected chi connectivity index (χ2v) is 7.75. The third-order valence-corrected chi connectivity index (χ3v) is 5.76. The molecule has 142 valence electrons. The van der Waals surface area contributed by atoms with Crippen LogP contribution in [0, 0.1) is 5.92 Å². The Hall–Kier alpha value is -2.99. The molecule has 6 heteroatoms. The lowest BCUT2D eigenvalue weighted by molar-refractivity contribution is -0.129. The van der Waals surface area contributed by atoms with Crippen LogP contribution >= 0.6 is 11.3 Å². The normalized spacial score (nSPS) is 16.4. The number of thiazole rings is 1. The highest BCUT2D eigenvalue weighted by molar-refractivity contribution is 7.13. The molecule has 0 spiro atoms. The Morgan fingerprint density at radius 1 is 1.11 bits per heavy atom. The maximum Gasteiger partial charge on any atom is 0.225 e. The average molecular weight is 391 g/mol. The van der Waals surface area contributed by atoms with Crippen LogP contribution in [0.5, 0.6) is 0 Å². The van der Waals surface area contributed by atoms with Crippen LogP contribution in [0.25, 0.3) is 10.6 Å². The highest BCUT2D eigenvalue weighted by atomic mass is 32.1. The Morgan fingerprint density at radius 3 is 2.57 bits per heavy atom. The van der Waals surface area contributed by atoms with E-state index in [-0.39, 0.29) is 24.2 Å². The summed E-state index contributed by atoms with van der Waals surface area (Å²) in [7, 11) is 0. The first-order chi connectivity index (χ1) is 13.7. The Balaban J connectivity index is 1.31. The molecule has 0 bridgehead atoms. The summed E-state index contributed by atoms with van der Waals surface area (Å²) in [5, 5.41) is 5.84. The molecule has 0 aliphatic carbocycles. The van der Waals surface area contributed by atoms with Crippen LogP contribution in [-0.4, -0.2) is 28.2 Å². The van der Waals surface area contributed by atoms with Crippen molar-refractivity contribution in [2.45, 2.75) is 19.5 Å². The number of nitrogens with zero attached hydrogens (tertiary/aromatic N) is 2. The van der Waals surface area contributed by atoms with E-state index in [2.05, 4.69) is 10.3 Å². The lowest BCUT2D eigenvalue weighted by Gasteiger charge is -2.16. The lowest BCUT2D eigenvalue weighted by atomic mass is 10.1. The van der Waals surface area contributed by atoms with Crippen LogP contribution < -0.4 is 5.32 Å². The summed E-state index contributed by atoms with van der Waals surface area (Å²) < 4.78 is 0. The molecule has 28 heavy (non-hydrogen) atoms. The van der Waals surface area contributed by atoms with E-state index in [0.717, 1.165) is 21.8 Å². The van der Waals surface area contributed by atoms with E-state index >= 15 is 0 Å². The standard InChI is InChI=1S/C22H21N3O2S/c26-20-11-18(14-25(20)13-16-7-3-1-4-8-16)21(27)23-12-19-15-28-22(24-19)17-9-5-2-6-10-17/h1-10,15,18H,11-14H2,(H,23,27). The quantitative estimate of drug-likeness (QED) is 0.700. The molecule has 1 N–H and O–H groups in total. The molecule has 1 aromatic heterocycles. The van der Waals surface area contributed by atoms with Crippen molar-refractivity contribution in [3.63, 3.8) is 0 Å². The van der Waals surface area contributed by atoms with Gasteiger partial charge in [-0.3, -0.25) is 9.59 Å². The monoisotopic (exact) mass is 391 g/mol. The summed E-state index contributed by atoms with van der Waals surface area (Å²) >= 11 is 1.56. The van der Waals surface area contributed by atoms with Gasteiger partial charge in [0.1, 0.15) is 5.01 Å². The number of carbonyl (C=O) groups excluding carboxylic acids is 2. The molecule has 0 radical (unpaired) electrons. The third kappa shape index (κ3) is 4.28. The molecule has 2 aromatic carbocycles. The minimum atomic E-state index is -0.302. The van der Waals surface area contributed by atoms with Crippen molar-refractivity contribution in [2.75, 3.05) is 6.54 Å². The van der Waals surface area contributed by atoms with Gasteiger partial charge in [0.2, 0.25) is 11.8 Å². The van der Waals surface area contributed by atoms with E-state index in [1.165, 1.54) is 0 Å². The van der Waals surface area contributed by atoms with Gasteiger partial charge in [-0.15, -0.1) is 11.3 Å². The summed E-state index contributed by atoms with van der Waals surface area (Å²) in [4.78, 5) is 31.1. The summed E-state index contributed by atoms with van der Waals surface area (Å²) in [5.74, 6) is -0.356. The third-order valence-electron chi connectivity index (χ3n) is 4.82. The van der Waals surface area contributed by atoms with Crippen molar-refractivity contribution < 1.29 is 9.59 Å². The largest absolute Gasteiger partial charge is 0.350 e. The molecule has 1 aliphatic heterocycles. The molecule has 2 heterocycles. The minimum absolute atomic E-state index is 0.0315. The van der Waals surface area contributed by atoms with Crippen molar-refractivity contribution in [3.8, 4) is 10.6 Å². The van der Waals surface area contributed by atoms with Gasteiger partial charge in [-0.1, -0.05) is 60.7 Å². The molecular weight excluding hydrogens is 370 g/mol. The van der Waals surface area contributed by atoms with Crippen molar-refractivity contribution in [3.05, 3.63) is 77.3 Å². The van der Waals surface area contributed by atoms with E-state index in [4.69, 9.17) is 0 Å². The van der Waals surface area contributed by atoms with Crippen LogP contribution in [-0.2, 0) is 22.7 Å². The van der Waals surface area contributed by atoms with Gasteiger partial charge < -0.3 is 10.2 Å². The molecule has 1 atom stereocenters. The second kappa shape index (κ2) is 8.35. The predicted molar refractivity (Wildman–Crippen MR) is 109 cm³/mol. The van der Waals surface area contributed by atoms with Gasteiger partial charge in [0.15, 0.2) is 0 Å². The second-order valence-electron chi connectivity index (χ2n) is 6.89. The molecule has 1 fully saturated rings. The van der Waals surface area contributed by atoms with E-state index in [1.807, 2.05) is 66.0 Å². The summed E-state index contributed by atoms with van der Waals surface area (Å²) in [6.45, 7) is 1.40. The van der Waals surface area contributed by atoms with Gasteiger partial charge in [0.25, 0.3) is 0 Å². The van der Waals surface area contributed by atoms with Crippen LogP contribution in [0.2, 0.25) is 0 Å². The fraction of sp³-hybridized carbons (Fsp3) is 0.227. The zero-order valence-electron chi connectivity index (χ0n) is 15.4. The number of carbonyl (C=O) groups is 2. The van der Waals surface area contributed by atoms with Crippen molar-refractivity contribution >= 4 is 23.2 Å². The van der Waals surface area contributed by atoms with Gasteiger partial charge in [-0.2, -0.15) is 0 Å². The summed E-state index contributed by atoms with van der Waals surface area (Å²) in [5.41, 5.74) is 2.98. The predicted octanol–water partition coefficient (Wildman–Crippen LogP) is 3.48. The highest BCUT2D eigenvalue weighted by Gasteiger charge is 2.34. The number of nitrogens with one attached hydrogen (secondary N) is 1. The first kappa shape index (κ1) is 18.4. The number of benzene rings is 2. The number of aromatic nitrogens is 1. The van der Waals surface area contributed by atoms with Crippen molar-refractivity contribution in [1.29, 1.82) is 0 Å². The Kier molecular flexibility index (Phi) is 5.48. The smallest absolute Gasteiger partial charge is 0.225 e. The number of amides is 2. The van der Waals surface area contributed by atoms with Gasteiger partial charge in [-0.25, -0.2) is 4.98 Å². The lowest BCUT2D eigenvalue weighted by Crippen LogP contribution is -2.32. The van der Waals surface area contributed by atoms with E-state index < -0.39 is 0 Å². The number of hydrogen-bond donors (Lipinski definition) is 1. The Morgan fingerprint density at radius 2 is 1.82 bits per heavy atom. The van der Waals surface area contributed by atoms with Crippen molar-refractivity contribution in [1.82, 2.24) is 15.2 Å². The molecule has 1 aliphatic rings. The van der Waals surface area contributed by atoms with Crippen LogP contribution in [0.1, 0.15) is 17.7 Å². The minimum Gasteiger partial charge on any atom is -0.350 e. The SMILES string of the molecule is O=C(NCc1csc(-c2ccccc2)n1)C1CC(=O)N(Cc2ccccc2)C1. The molecule has 0 saturated carbocycles. The van der Waals surface area contributed by atoms with Crippen LogP contribution in [0.15, 0.2) is 66.0 Å². The van der Waals surface area contributed by atoms with Gasteiger partial charge >= 0.3 is 0 Å². The zero-order chi connectivity index (χ0) is 19.3.